The number of ether oxygens (including phenoxy) is 2. The zero-order valence-corrected chi connectivity index (χ0v) is 23.2. The summed E-state index contributed by atoms with van der Waals surface area (Å²) in [6.07, 6.45) is -2.86. The second-order valence-electron chi connectivity index (χ2n) is 8.42. The molecule has 3 aromatic carbocycles. The highest BCUT2D eigenvalue weighted by atomic mass is 19.4. The Labute approximate surface area is 236 Å². The molecular weight excluding hydrogens is 537 g/mol. The fraction of sp³-hybridized carbons (Fsp3) is 0.267. The van der Waals surface area contributed by atoms with Crippen LogP contribution in [0.5, 0.6) is 11.5 Å². The van der Waals surface area contributed by atoms with E-state index in [0.717, 1.165) is 12.1 Å². The fourth-order valence-electron chi connectivity index (χ4n) is 3.73. The van der Waals surface area contributed by atoms with Gasteiger partial charge in [0.25, 0.3) is 0 Å². The Morgan fingerprint density at radius 2 is 1.56 bits per heavy atom. The standard InChI is InChI=1S/C30H31F3N4O4/c1-5-26(35-34-20-22-10-8-9-11-27(22)37(6-2)29(38)39-4)28(36-40-7-3)21-12-16-24(17-13-21)41-25-18-14-23(15-19-25)30(31,32)33/h8-20H,5-7H2,1-4H3. The number of halogens is 3. The fourth-order valence-corrected chi connectivity index (χ4v) is 3.73. The summed E-state index contributed by atoms with van der Waals surface area (Å²) < 4.78 is 49.0. The average Bonchev–Trinajstić information content (AvgIpc) is 2.97. The van der Waals surface area contributed by atoms with Crippen molar-refractivity contribution in [3.63, 3.8) is 0 Å². The molecule has 11 heteroatoms. The van der Waals surface area contributed by atoms with Crippen molar-refractivity contribution in [2.24, 2.45) is 15.4 Å². The molecule has 0 atom stereocenters. The summed E-state index contributed by atoms with van der Waals surface area (Å²) in [5.74, 6) is 0.702. The van der Waals surface area contributed by atoms with Gasteiger partial charge in [-0.05, 0) is 74.9 Å². The van der Waals surface area contributed by atoms with Crippen molar-refractivity contribution in [2.45, 2.75) is 33.4 Å². The van der Waals surface area contributed by atoms with E-state index >= 15 is 0 Å². The molecule has 3 aromatic rings. The van der Waals surface area contributed by atoms with Gasteiger partial charge >= 0.3 is 12.3 Å². The third kappa shape index (κ3) is 8.41. The number of oxime groups is 1. The Morgan fingerprint density at radius 1 is 0.927 bits per heavy atom. The maximum atomic E-state index is 12.8. The van der Waals surface area contributed by atoms with Crippen molar-refractivity contribution in [1.29, 1.82) is 0 Å². The van der Waals surface area contributed by atoms with Crippen LogP contribution < -0.4 is 9.64 Å². The molecule has 0 unspecified atom stereocenters. The molecule has 0 aromatic heterocycles. The Bertz CT molecular complexity index is 1390. The maximum Gasteiger partial charge on any atom is 0.416 e. The van der Waals surface area contributed by atoms with Crippen LogP contribution in [0.4, 0.5) is 23.7 Å². The molecule has 41 heavy (non-hydrogen) atoms. The average molecular weight is 569 g/mol. The molecule has 0 saturated carbocycles. The van der Waals surface area contributed by atoms with Crippen LogP contribution in [0.15, 0.2) is 88.2 Å². The minimum atomic E-state index is -4.42. The summed E-state index contributed by atoms with van der Waals surface area (Å²) in [5, 5.41) is 12.9. The maximum absolute atomic E-state index is 12.8. The lowest BCUT2D eigenvalue weighted by Crippen LogP contribution is -2.31. The molecule has 3 rings (SSSR count). The second kappa shape index (κ2) is 14.6. The van der Waals surface area contributed by atoms with Crippen LogP contribution in [0.25, 0.3) is 0 Å². The van der Waals surface area contributed by atoms with Gasteiger partial charge in [0, 0.05) is 17.7 Å². The number of hydrogen-bond acceptors (Lipinski definition) is 7. The highest BCUT2D eigenvalue weighted by Crippen LogP contribution is 2.31. The smallest absolute Gasteiger partial charge is 0.416 e. The number of methoxy groups -OCH3 is 1. The molecule has 0 heterocycles. The lowest BCUT2D eigenvalue weighted by atomic mass is 10.0. The number of nitrogens with zero attached hydrogens (tertiary/aromatic N) is 4. The molecule has 0 aliphatic heterocycles. The van der Waals surface area contributed by atoms with Crippen LogP contribution in [0.1, 0.15) is 43.9 Å². The van der Waals surface area contributed by atoms with Gasteiger partial charge in [0.05, 0.1) is 30.3 Å². The van der Waals surface area contributed by atoms with Gasteiger partial charge < -0.3 is 14.3 Å². The van der Waals surface area contributed by atoms with E-state index in [0.29, 0.717) is 53.6 Å². The van der Waals surface area contributed by atoms with E-state index in [1.807, 2.05) is 32.0 Å². The van der Waals surface area contributed by atoms with E-state index in [1.165, 1.54) is 24.1 Å². The molecule has 0 fully saturated rings. The number of carbonyl (C=O) groups excluding carboxylic acids is 1. The van der Waals surface area contributed by atoms with Gasteiger partial charge in [0.15, 0.2) is 0 Å². The highest BCUT2D eigenvalue weighted by Gasteiger charge is 2.30. The Balaban J connectivity index is 1.84. The first-order chi connectivity index (χ1) is 19.7. The van der Waals surface area contributed by atoms with Gasteiger partial charge in [-0.3, -0.25) is 4.90 Å². The van der Waals surface area contributed by atoms with Crippen LogP contribution in [-0.2, 0) is 15.8 Å². The molecule has 0 bridgehead atoms. The predicted molar refractivity (Wildman–Crippen MR) is 153 cm³/mol. The molecule has 8 nitrogen and oxygen atoms in total. The van der Waals surface area contributed by atoms with Gasteiger partial charge in [-0.15, -0.1) is 0 Å². The van der Waals surface area contributed by atoms with Crippen LogP contribution in [0.3, 0.4) is 0 Å². The van der Waals surface area contributed by atoms with E-state index in [9.17, 15) is 18.0 Å². The quantitative estimate of drug-likeness (QED) is 0.175. The van der Waals surface area contributed by atoms with Crippen LogP contribution in [0.2, 0.25) is 0 Å². The Morgan fingerprint density at radius 3 is 2.12 bits per heavy atom. The number of carbonyl (C=O) groups is 1. The normalized spacial score (nSPS) is 12.4. The van der Waals surface area contributed by atoms with E-state index in [4.69, 9.17) is 14.3 Å². The number of benzene rings is 3. The van der Waals surface area contributed by atoms with Crippen LogP contribution in [0, 0.1) is 0 Å². The minimum absolute atomic E-state index is 0.272. The second-order valence-corrected chi connectivity index (χ2v) is 8.42. The summed E-state index contributed by atoms with van der Waals surface area (Å²) in [4.78, 5) is 19.0. The van der Waals surface area contributed by atoms with Crippen molar-refractivity contribution in [1.82, 2.24) is 0 Å². The van der Waals surface area contributed by atoms with E-state index in [1.54, 1.807) is 43.5 Å². The van der Waals surface area contributed by atoms with Gasteiger partial charge in [-0.1, -0.05) is 30.3 Å². The summed E-state index contributed by atoms with van der Waals surface area (Å²) in [6.45, 7) is 6.30. The van der Waals surface area contributed by atoms with Gasteiger partial charge in [-0.25, -0.2) is 4.79 Å². The molecular formula is C30H31F3N4O4. The van der Waals surface area contributed by atoms with Gasteiger partial charge in [0.1, 0.15) is 23.8 Å². The first kappa shape index (κ1) is 30.9. The SMILES string of the molecule is CCON=C(C(CC)=NN=Cc1ccccc1N(CC)C(=O)OC)c1ccc(Oc2ccc(C(F)(F)F)cc2)cc1. The van der Waals surface area contributed by atoms with Crippen molar-refractivity contribution in [2.75, 3.05) is 25.2 Å². The zero-order valence-electron chi connectivity index (χ0n) is 23.2. The number of para-hydroxylation sites is 1. The molecule has 0 aliphatic rings. The highest BCUT2D eigenvalue weighted by molar-refractivity contribution is 6.48. The van der Waals surface area contributed by atoms with Crippen LogP contribution in [-0.4, -0.2) is 44.0 Å². The lowest BCUT2D eigenvalue weighted by Gasteiger charge is -2.20. The first-order valence-electron chi connectivity index (χ1n) is 12.9. The lowest BCUT2D eigenvalue weighted by molar-refractivity contribution is -0.137. The number of hydrogen-bond donors (Lipinski definition) is 0. The van der Waals surface area contributed by atoms with E-state index in [-0.39, 0.29) is 5.75 Å². The molecule has 1 amide bonds. The predicted octanol–water partition coefficient (Wildman–Crippen LogP) is 7.72. The largest absolute Gasteiger partial charge is 0.457 e. The molecule has 0 radical (unpaired) electrons. The number of alkyl halides is 3. The number of rotatable bonds is 11. The molecule has 216 valence electrons. The molecule has 0 spiro atoms. The first-order valence-corrected chi connectivity index (χ1v) is 12.9. The van der Waals surface area contributed by atoms with Crippen molar-refractivity contribution >= 4 is 29.4 Å². The van der Waals surface area contributed by atoms with Gasteiger partial charge in [-0.2, -0.15) is 23.4 Å². The third-order valence-electron chi connectivity index (χ3n) is 5.75. The molecule has 0 aliphatic carbocycles. The molecule has 0 saturated heterocycles. The van der Waals surface area contributed by atoms with E-state index < -0.39 is 17.8 Å². The monoisotopic (exact) mass is 568 g/mol. The van der Waals surface area contributed by atoms with Crippen molar-refractivity contribution < 1.29 is 32.3 Å². The number of anilines is 1. The van der Waals surface area contributed by atoms with Crippen molar-refractivity contribution in [3.8, 4) is 11.5 Å². The summed E-state index contributed by atoms with van der Waals surface area (Å²) in [7, 11) is 1.33. The summed E-state index contributed by atoms with van der Waals surface area (Å²) in [6, 6.07) is 18.6. The van der Waals surface area contributed by atoms with Gasteiger partial charge in [0.2, 0.25) is 0 Å². The minimum Gasteiger partial charge on any atom is -0.457 e. The summed E-state index contributed by atoms with van der Waals surface area (Å²) in [5.41, 5.74) is 2.24. The number of amides is 1. The topological polar surface area (TPSA) is 85.1 Å². The third-order valence-corrected chi connectivity index (χ3v) is 5.75. The van der Waals surface area contributed by atoms with Crippen LogP contribution >= 0.6 is 0 Å². The Kier molecular flexibility index (Phi) is 11.0. The Hall–Kier alpha value is -4.67. The van der Waals surface area contributed by atoms with E-state index in [2.05, 4.69) is 15.4 Å². The van der Waals surface area contributed by atoms with Crippen molar-refractivity contribution in [3.05, 3.63) is 89.5 Å². The molecule has 0 N–H and O–H groups in total. The zero-order chi connectivity index (χ0) is 29.8. The summed E-state index contributed by atoms with van der Waals surface area (Å²) >= 11 is 0.